The van der Waals surface area contributed by atoms with Crippen molar-refractivity contribution >= 4 is 5.91 Å². The number of piperidine rings is 1. The number of likely N-dealkylation sites (tertiary alicyclic amines) is 1. The number of hydrogen-bond acceptors (Lipinski definition) is 3. The number of hydrogen-bond donors (Lipinski definition) is 0. The molecule has 0 N–H and O–H groups in total. The van der Waals surface area contributed by atoms with Gasteiger partial charge in [-0.3, -0.25) is 4.79 Å². The van der Waals surface area contributed by atoms with Crippen molar-refractivity contribution in [3.8, 4) is 0 Å². The number of nitrogens with zero attached hydrogens (tertiary/aromatic N) is 3. The van der Waals surface area contributed by atoms with Crippen LogP contribution in [0.15, 0.2) is 0 Å². The normalized spacial score (nSPS) is 23.3. The minimum Gasteiger partial charge on any atom is -0.340 e. The molecule has 0 atom stereocenters. The summed E-state index contributed by atoms with van der Waals surface area (Å²) >= 11 is 0. The Hall–Kier alpha value is -0.610. The largest absolute Gasteiger partial charge is 0.340 e. The van der Waals surface area contributed by atoms with Crippen LogP contribution in [0.1, 0.15) is 32.6 Å². The Balaban J connectivity index is 1.65. The van der Waals surface area contributed by atoms with Crippen LogP contribution in [0.25, 0.3) is 0 Å². The first kappa shape index (κ1) is 13.8. The molecule has 0 aliphatic carbocycles. The van der Waals surface area contributed by atoms with Crippen LogP contribution < -0.4 is 0 Å². The van der Waals surface area contributed by atoms with E-state index in [0.717, 1.165) is 39.3 Å². The van der Waals surface area contributed by atoms with Crippen molar-refractivity contribution < 1.29 is 4.79 Å². The van der Waals surface area contributed by atoms with E-state index in [1.807, 2.05) is 0 Å². The molecule has 0 aromatic rings. The molecule has 0 saturated carbocycles. The molecule has 104 valence electrons. The molecule has 2 aliphatic heterocycles. The van der Waals surface area contributed by atoms with Gasteiger partial charge in [-0.1, -0.05) is 13.3 Å². The number of carbonyl (C=O) groups is 1. The first-order chi connectivity index (χ1) is 8.79. The summed E-state index contributed by atoms with van der Waals surface area (Å²) in [6, 6.07) is 0. The van der Waals surface area contributed by atoms with Crippen LogP contribution in [0, 0.1) is 0 Å². The highest BCUT2D eigenvalue weighted by atomic mass is 16.2. The van der Waals surface area contributed by atoms with Crippen molar-refractivity contribution in [1.29, 1.82) is 0 Å². The maximum Gasteiger partial charge on any atom is 0.223 e. The van der Waals surface area contributed by atoms with E-state index in [2.05, 4.69) is 21.6 Å². The van der Waals surface area contributed by atoms with Gasteiger partial charge in [0.05, 0.1) is 0 Å². The molecule has 2 saturated heterocycles. The lowest BCUT2D eigenvalue weighted by molar-refractivity contribution is -0.133. The molecule has 0 aromatic heterocycles. The van der Waals surface area contributed by atoms with Crippen LogP contribution in [0.5, 0.6) is 0 Å². The Kier molecular flexibility index (Phi) is 5.45. The molecular formula is C14H27N3O. The first-order valence-corrected chi connectivity index (χ1v) is 7.52. The van der Waals surface area contributed by atoms with E-state index in [1.165, 1.54) is 32.4 Å². The van der Waals surface area contributed by atoms with Crippen LogP contribution in [0.4, 0.5) is 0 Å². The molecule has 1 amide bonds. The Bertz CT molecular complexity index is 256. The third-order valence-electron chi connectivity index (χ3n) is 4.26. The van der Waals surface area contributed by atoms with Gasteiger partial charge in [-0.25, -0.2) is 0 Å². The van der Waals surface area contributed by atoms with Gasteiger partial charge in [0, 0.05) is 39.1 Å². The third-order valence-corrected chi connectivity index (χ3v) is 4.26. The van der Waals surface area contributed by atoms with Gasteiger partial charge in [0.15, 0.2) is 0 Å². The molecule has 4 heteroatoms. The van der Waals surface area contributed by atoms with Crippen molar-refractivity contribution in [1.82, 2.24) is 14.7 Å². The van der Waals surface area contributed by atoms with E-state index in [-0.39, 0.29) is 0 Å². The predicted molar refractivity (Wildman–Crippen MR) is 73.6 cm³/mol. The fourth-order valence-electron chi connectivity index (χ4n) is 2.91. The first-order valence-electron chi connectivity index (χ1n) is 7.52. The average Bonchev–Trinajstić information content (AvgIpc) is 2.46. The Labute approximate surface area is 111 Å². The number of carbonyl (C=O) groups excluding carboxylic acids is 1. The number of rotatable bonds is 4. The van der Waals surface area contributed by atoms with Crippen LogP contribution in [0.3, 0.4) is 0 Å². The number of amides is 1. The van der Waals surface area contributed by atoms with Gasteiger partial charge in [-0.05, 0) is 32.5 Å². The second-order valence-electron chi connectivity index (χ2n) is 5.47. The van der Waals surface area contributed by atoms with Gasteiger partial charge >= 0.3 is 0 Å². The smallest absolute Gasteiger partial charge is 0.223 e. The van der Waals surface area contributed by atoms with E-state index >= 15 is 0 Å². The Morgan fingerprint density at radius 1 is 0.889 bits per heavy atom. The molecule has 0 unspecified atom stereocenters. The highest BCUT2D eigenvalue weighted by Crippen LogP contribution is 2.10. The minimum atomic E-state index is 0.358. The highest BCUT2D eigenvalue weighted by Gasteiger charge is 2.20. The molecule has 0 radical (unpaired) electrons. The maximum absolute atomic E-state index is 12.1. The molecule has 2 rings (SSSR count). The second kappa shape index (κ2) is 7.10. The topological polar surface area (TPSA) is 26.8 Å². The second-order valence-corrected chi connectivity index (χ2v) is 5.47. The number of likely N-dealkylation sites (N-methyl/N-ethyl adjacent to an activating group) is 1. The summed E-state index contributed by atoms with van der Waals surface area (Å²) in [5.41, 5.74) is 0. The predicted octanol–water partition coefficient (Wildman–Crippen LogP) is 1.03. The van der Waals surface area contributed by atoms with Crippen molar-refractivity contribution in [2.75, 3.05) is 52.4 Å². The van der Waals surface area contributed by atoms with E-state index < -0.39 is 0 Å². The molecule has 0 spiro atoms. The van der Waals surface area contributed by atoms with E-state index in [0.29, 0.717) is 12.3 Å². The molecule has 2 fully saturated rings. The lowest BCUT2D eigenvalue weighted by atomic mass is 10.1. The molecular weight excluding hydrogens is 226 g/mol. The van der Waals surface area contributed by atoms with Crippen molar-refractivity contribution in [2.45, 2.75) is 32.6 Å². The van der Waals surface area contributed by atoms with Gasteiger partial charge in [0.2, 0.25) is 5.91 Å². The van der Waals surface area contributed by atoms with Crippen molar-refractivity contribution in [3.63, 3.8) is 0 Å². The molecule has 18 heavy (non-hydrogen) atoms. The van der Waals surface area contributed by atoms with E-state index in [9.17, 15) is 4.79 Å². The zero-order chi connectivity index (χ0) is 12.8. The van der Waals surface area contributed by atoms with Gasteiger partial charge < -0.3 is 14.7 Å². The SMILES string of the molecule is CCN1CCN(C(=O)CCN2CCCCC2)CC1. The van der Waals surface area contributed by atoms with Crippen molar-refractivity contribution in [3.05, 3.63) is 0 Å². The zero-order valence-electron chi connectivity index (χ0n) is 11.7. The molecule has 2 heterocycles. The van der Waals surface area contributed by atoms with Crippen LogP contribution >= 0.6 is 0 Å². The van der Waals surface area contributed by atoms with Crippen LogP contribution in [-0.2, 0) is 4.79 Å². The third kappa shape index (κ3) is 3.95. The summed E-state index contributed by atoms with van der Waals surface area (Å²) in [6.45, 7) is 10.6. The van der Waals surface area contributed by atoms with Crippen LogP contribution in [-0.4, -0.2) is 73.0 Å². The summed E-state index contributed by atoms with van der Waals surface area (Å²) in [6.07, 6.45) is 4.70. The summed E-state index contributed by atoms with van der Waals surface area (Å²) in [7, 11) is 0. The Morgan fingerprint density at radius 3 is 2.17 bits per heavy atom. The lowest BCUT2D eigenvalue weighted by Gasteiger charge is -2.34. The summed E-state index contributed by atoms with van der Waals surface area (Å²) in [4.78, 5) is 19.0. The average molecular weight is 253 g/mol. The highest BCUT2D eigenvalue weighted by molar-refractivity contribution is 5.76. The molecule has 2 aliphatic rings. The van der Waals surface area contributed by atoms with Crippen molar-refractivity contribution in [2.24, 2.45) is 0 Å². The van der Waals surface area contributed by atoms with Gasteiger partial charge in [0.25, 0.3) is 0 Å². The van der Waals surface area contributed by atoms with Gasteiger partial charge in [-0.15, -0.1) is 0 Å². The Morgan fingerprint density at radius 2 is 1.56 bits per heavy atom. The van der Waals surface area contributed by atoms with Gasteiger partial charge in [-0.2, -0.15) is 0 Å². The quantitative estimate of drug-likeness (QED) is 0.748. The van der Waals surface area contributed by atoms with Crippen LogP contribution in [0.2, 0.25) is 0 Å². The molecule has 0 bridgehead atoms. The number of piperazine rings is 1. The summed E-state index contributed by atoms with van der Waals surface area (Å²) in [5, 5.41) is 0. The van der Waals surface area contributed by atoms with Gasteiger partial charge in [0.1, 0.15) is 0 Å². The van der Waals surface area contributed by atoms with E-state index in [1.54, 1.807) is 0 Å². The zero-order valence-corrected chi connectivity index (χ0v) is 11.7. The minimum absolute atomic E-state index is 0.358. The summed E-state index contributed by atoms with van der Waals surface area (Å²) in [5.74, 6) is 0.358. The fourth-order valence-corrected chi connectivity index (χ4v) is 2.91. The van der Waals surface area contributed by atoms with E-state index in [4.69, 9.17) is 0 Å². The molecule has 0 aromatic carbocycles. The fraction of sp³-hybridized carbons (Fsp3) is 0.929. The standard InChI is InChI=1S/C14H27N3O/c1-2-15-10-12-17(13-11-15)14(18)6-9-16-7-4-3-5-8-16/h2-13H2,1H3. The lowest BCUT2D eigenvalue weighted by Crippen LogP contribution is -2.49. The molecule has 4 nitrogen and oxygen atoms in total. The summed E-state index contributed by atoms with van der Waals surface area (Å²) < 4.78 is 0. The monoisotopic (exact) mass is 253 g/mol. The maximum atomic E-state index is 12.1.